The molecule has 1 unspecified atom stereocenters. The molecular formula is C14H22ClNOS. The first-order valence-corrected chi connectivity index (χ1v) is 7.84. The molecule has 0 fully saturated rings. The molecule has 0 aliphatic carbocycles. The molecule has 18 heavy (non-hydrogen) atoms. The molecule has 102 valence electrons. The van der Waals surface area contributed by atoms with Gasteiger partial charge in [-0.05, 0) is 24.6 Å². The van der Waals surface area contributed by atoms with Crippen LogP contribution in [0.5, 0.6) is 0 Å². The van der Waals surface area contributed by atoms with E-state index in [1.54, 1.807) is 7.11 Å². The van der Waals surface area contributed by atoms with E-state index in [0.717, 1.165) is 36.1 Å². The van der Waals surface area contributed by atoms with Gasteiger partial charge in [0.05, 0.1) is 6.61 Å². The quantitative estimate of drug-likeness (QED) is 0.750. The number of halogens is 1. The van der Waals surface area contributed by atoms with E-state index in [-0.39, 0.29) is 0 Å². The number of benzene rings is 1. The van der Waals surface area contributed by atoms with Gasteiger partial charge in [0.15, 0.2) is 0 Å². The maximum Gasteiger partial charge on any atom is 0.0623 e. The van der Waals surface area contributed by atoms with Crippen LogP contribution < -0.4 is 5.32 Å². The molecule has 1 rings (SSSR count). The van der Waals surface area contributed by atoms with Gasteiger partial charge in [-0.15, -0.1) is 0 Å². The van der Waals surface area contributed by atoms with Crippen molar-refractivity contribution in [3.8, 4) is 0 Å². The highest BCUT2D eigenvalue weighted by atomic mass is 35.5. The molecule has 1 atom stereocenters. The van der Waals surface area contributed by atoms with Crippen molar-refractivity contribution in [2.75, 3.05) is 26.0 Å². The smallest absolute Gasteiger partial charge is 0.0623 e. The van der Waals surface area contributed by atoms with Crippen molar-refractivity contribution in [2.24, 2.45) is 0 Å². The average molecular weight is 288 g/mol. The van der Waals surface area contributed by atoms with Gasteiger partial charge in [0.1, 0.15) is 0 Å². The average Bonchev–Trinajstić information content (AvgIpc) is 2.38. The molecule has 4 heteroatoms. The predicted octanol–water partition coefficient (Wildman–Crippen LogP) is 3.59. The summed E-state index contributed by atoms with van der Waals surface area (Å²) in [6.45, 7) is 3.98. The molecule has 0 saturated carbocycles. The summed E-state index contributed by atoms with van der Waals surface area (Å²) >= 11 is 8.02. The molecule has 1 aromatic rings. The molecule has 0 saturated heterocycles. The summed E-state index contributed by atoms with van der Waals surface area (Å²) < 4.78 is 5.23. The van der Waals surface area contributed by atoms with Crippen LogP contribution in [0.25, 0.3) is 0 Å². The molecule has 0 aliphatic heterocycles. The van der Waals surface area contributed by atoms with E-state index in [0.29, 0.717) is 6.04 Å². The highest BCUT2D eigenvalue weighted by Crippen LogP contribution is 2.21. The van der Waals surface area contributed by atoms with Crippen LogP contribution in [0.4, 0.5) is 0 Å². The summed E-state index contributed by atoms with van der Waals surface area (Å²) in [5, 5.41) is 4.35. The Morgan fingerprint density at radius 1 is 1.39 bits per heavy atom. The molecule has 0 amide bonds. The van der Waals surface area contributed by atoms with Gasteiger partial charge in [-0.25, -0.2) is 0 Å². The van der Waals surface area contributed by atoms with Crippen LogP contribution in [-0.2, 0) is 10.5 Å². The molecule has 1 aromatic carbocycles. The van der Waals surface area contributed by atoms with Gasteiger partial charge >= 0.3 is 0 Å². The molecule has 1 N–H and O–H groups in total. The maximum atomic E-state index is 6.13. The lowest BCUT2D eigenvalue weighted by Crippen LogP contribution is -2.35. The highest BCUT2D eigenvalue weighted by Gasteiger charge is 2.08. The third-order valence-corrected chi connectivity index (χ3v) is 4.11. The molecule has 0 aliphatic rings. The van der Waals surface area contributed by atoms with Crippen molar-refractivity contribution in [1.29, 1.82) is 0 Å². The van der Waals surface area contributed by atoms with Crippen LogP contribution >= 0.6 is 23.4 Å². The second-order valence-electron chi connectivity index (χ2n) is 4.21. The standard InChI is InChI=1S/C14H22ClNOS/c1-3-8-16-13(9-17-2)11-18-10-12-6-4-5-7-14(12)15/h4-7,13,16H,3,8-11H2,1-2H3. The summed E-state index contributed by atoms with van der Waals surface area (Å²) in [6, 6.07) is 8.44. The first-order chi connectivity index (χ1) is 8.77. The highest BCUT2D eigenvalue weighted by molar-refractivity contribution is 7.98. The van der Waals surface area contributed by atoms with Crippen LogP contribution in [0.2, 0.25) is 5.02 Å². The Hall–Kier alpha value is -0.220. The molecule has 0 radical (unpaired) electrons. The van der Waals surface area contributed by atoms with E-state index in [4.69, 9.17) is 16.3 Å². The summed E-state index contributed by atoms with van der Waals surface area (Å²) in [4.78, 5) is 0. The van der Waals surface area contributed by atoms with Gasteiger partial charge in [-0.3, -0.25) is 0 Å². The molecule has 0 spiro atoms. The van der Waals surface area contributed by atoms with Gasteiger partial charge in [0.25, 0.3) is 0 Å². The Balaban J connectivity index is 2.31. The lowest BCUT2D eigenvalue weighted by molar-refractivity contribution is 0.174. The lowest BCUT2D eigenvalue weighted by atomic mass is 10.2. The zero-order chi connectivity index (χ0) is 13.2. The zero-order valence-corrected chi connectivity index (χ0v) is 12.7. The van der Waals surface area contributed by atoms with Gasteiger partial charge in [0, 0.05) is 29.7 Å². The Kier molecular flexibility index (Phi) is 8.51. The second-order valence-corrected chi connectivity index (χ2v) is 5.65. The van der Waals surface area contributed by atoms with E-state index >= 15 is 0 Å². The summed E-state index contributed by atoms with van der Waals surface area (Å²) in [7, 11) is 1.75. The van der Waals surface area contributed by atoms with Crippen molar-refractivity contribution >= 4 is 23.4 Å². The SMILES string of the molecule is CCCNC(COC)CSCc1ccccc1Cl. The zero-order valence-electron chi connectivity index (χ0n) is 11.1. The van der Waals surface area contributed by atoms with Crippen LogP contribution in [0.1, 0.15) is 18.9 Å². The fourth-order valence-corrected chi connectivity index (χ4v) is 3.01. The van der Waals surface area contributed by atoms with Crippen LogP contribution in [0.3, 0.4) is 0 Å². The number of nitrogens with one attached hydrogen (secondary N) is 1. The lowest BCUT2D eigenvalue weighted by Gasteiger charge is -2.17. The third kappa shape index (κ3) is 6.10. The van der Waals surface area contributed by atoms with Crippen molar-refractivity contribution < 1.29 is 4.74 Å². The van der Waals surface area contributed by atoms with Crippen LogP contribution in [0, 0.1) is 0 Å². The fraction of sp³-hybridized carbons (Fsp3) is 0.571. The fourth-order valence-electron chi connectivity index (χ4n) is 1.64. The molecular weight excluding hydrogens is 266 g/mol. The van der Waals surface area contributed by atoms with Crippen LogP contribution in [0.15, 0.2) is 24.3 Å². The van der Waals surface area contributed by atoms with E-state index in [9.17, 15) is 0 Å². The number of methoxy groups -OCH3 is 1. The molecule has 0 aromatic heterocycles. The summed E-state index contributed by atoms with van der Waals surface area (Å²) in [5.41, 5.74) is 1.20. The summed E-state index contributed by atoms with van der Waals surface area (Å²) in [5.74, 6) is 1.99. The van der Waals surface area contributed by atoms with Gasteiger partial charge < -0.3 is 10.1 Å². The minimum Gasteiger partial charge on any atom is -0.383 e. The number of hydrogen-bond acceptors (Lipinski definition) is 3. The Morgan fingerprint density at radius 3 is 2.83 bits per heavy atom. The predicted molar refractivity (Wildman–Crippen MR) is 81.6 cm³/mol. The first-order valence-electron chi connectivity index (χ1n) is 6.31. The number of ether oxygens (including phenoxy) is 1. The molecule has 0 bridgehead atoms. The number of hydrogen-bond donors (Lipinski definition) is 1. The minimum atomic E-state index is 0.419. The van der Waals surface area contributed by atoms with Gasteiger partial charge in [-0.2, -0.15) is 11.8 Å². The number of rotatable bonds is 9. The third-order valence-electron chi connectivity index (χ3n) is 2.59. The molecule has 0 heterocycles. The largest absolute Gasteiger partial charge is 0.383 e. The van der Waals surface area contributed by atoms with E-state index in [2.05, 4.69) is 18.3 Å². The van der Waals surface area contributed by atoms with Crippen molar-refractivity contribution in [3.05, 3.63) is 34.9 Å². The van der Waals surface area contributed by atoms with E-state index < -0.39 is 0 Å². The van der Waals surface area contributed by atoms with Gasteiger partial charge in [0.2, 0.25) is 0 Å². The van der Waals surface area contributed by atoms with Crippen molar-refractivity contribution in [3.63, 3.8) is 0 Å². The Morgan fingerprint density at radius 2 is 2.17 bits per heavy atom. The second kappa shape index (κ2) is 9.68. The monoisotopic (exact) mass is 287 g/mol. The number of thioether (sulfide) groups is 1. The van der Waals surface area contributed by atoms with E-state index in [1.165, 1.54) is 5.56 Å². The van der Waals surface area contributed by atoms with Crippen LogP contribution in [-0.4, -0.2) is 32.1 Å². The topological polar surface area (TPSA) is 21.3 Å². The Labute approximate surface area is 119 Å². The van der Waals surface area contributed by atoms with Crippen molar-refractivity contribution in [2.45, 2.75) is 25.1 Å². The maximum absolute atomic E-state index is 6.13. The van der Waals surface area contributed by atoms with Gasteiger partial charge in [-0.1, -0.05) is 36.7 Å². The normalized spacial score (nSPS) is 12.6. The molecule has 2 nitrogen and oxygen atoms in total. The minimum absolute atomic E-state index is 0.419. The first kappa shape index (κ1) is 15.8. The Bertz CT molecular complexity index is 335. The van der Waals surface area contributed by atoms with Crippen molar-refractivity contribution in [1.82, 2.24) is 5.32 Å². The summed E-state index contributed by atoms with van der Waals surface area (Å²) in [6.07, 6.45) is 1.15. The van der Waals surface area contributed by atoms with E-state index in [1.807, 2.05) is 30.0 Å².